The largest absolute Gasteiger partial charge is 0.463 e. The van der Waals surface area contributed by atoms with Gasteiger partial charge in [-0.2, -0.15) is 0 Å². The first kappa shape index (κ1) is 16.9. The average Bonchev–Trinajstić information content (AvgIpc) is 2.46. The van der Waals surface area contributed by atoms with E-state index in [4.69, 9.17) is 4.74 Å². The Balaban J connectivity index is 2.38. The zero-order chi connectivity index (χ0) is 15.7. The molecule has 1 rings (SSSR count). The Morgan fingerprint density at radius 2 is 1.71 bits per heavy atom. The summed E-state index contributed by atoms with van der Waals surface area (Å²) < 4.78 is 14.8. The fourth-order valence-corrected chi connectivity index (χ4v) is 1.55. The molecule has 0 amide bonds. The van der Waals surface area contributed by atoms with Crippen LogP contribution in [0.1, 0.15) is 6.92 Å². The molecule has 0 saturated heterocycles. The number of hydrogen-bond acceptors (Lipinski definition) is 6. The minimum atomic E-state index is -0.841. The van der Waals surface area contributed by atoms with Gasteiger partial charge in [0, 0.05) is 12.2 Å². The van der Waals surface area contributed by atoms with E-state index in [1.165, 1.54) is 0 Å². The smallest absolute Gasteiger partial charge is 0.349 e. The Bertz CT molecular complexity index is 552. The van der Waals surface area contributed by atoms with Crippen LogP contribution in [-0.4, -0.2) is 31.1 Å². The summed E-state index contributed by atoms with van der Waals surface area (Å²) in [5, 5.41) is 0. The number of halogens is 1. The van der Waals surface area contributed by atoms with Crippen LogP contribution in [0.5, 0.6) is 5.75 Å². The standard InChI is InChI=1S/C14H13BrO6/c1-2-19-12(16)7-8-13(17)20-9-14(18)21-11-6-4-3-5-10(11)15/h3-8H,2,9H2,1H3. The molecule has 1 aromatic carbocycles. The third kappa shape index (κ3) is 6.71. The Kier molecular flexibility index (Phi) is 7.17. The molecule has 6 nitrogen and oxygen atoms in total. The number of carbonyl (C=O) groups excluding carboxylic acids is 3. The normalized spacial score (nSPS) is 10.2. The summed E-state index contributed by atoms with van der Waals surface area (Å²) in [6, 6.07) is 6.75. The van der Waals surface area contributed by atoms with Crippen molar-refractivity contribution in [3.05, 3.63) is 40.9 Å². The van der Waals surface area contributed by atoms with E-state index in [0.717, 1.165) is 12.2 Å². The molecule has 0 aliphatic heterocycles. The van der Waals surface area contributed by atoms with Crippen molar-refractivity contribution in [3.63, 3.8) is 0 Å². The fourth-order valence-electron chi connectivity index (χ4n) is 1.18. The lowest BCUT2D eigenvalue weighted by Crippen LogP contribution is -2.18. The van der Waals surface area contributed by atoms with Gasteiger partial charge in [-0.25, -0.2) is 14.4 Å². The summed E-state index contributed by atoms with van der Waals surface area (Å²) in [6.07, 6.45) is 1.80. The molecule has 0 aliphatic carbocycles. The van der Waals surface area contributed by atoms with Gasteiger partial charge in [-0.3, -0.25) is 0 Å². The quantitative estimate of drug-likeness (QED) is 0.440. The second kappa shape index (κ2) is 8.91. The van der Waals surface area contributed by atoms with Crippen LogP contribution in [0, 0.1) is 0 Å². The molecule has 0 aromatic heterocycles. The molecule has 21 heavy (non-hydrogen) atoms. The van der Waals surface area contributed by atoms with Crippen molar-refractivity contribution in [2.45, 2.75) is 6.92 Å². The molecule has 0 heterocycles. The van der Waals surface area contributed by atoms with Crippen molar-refractivity contribution in [2.24, 2.45) is 0 Å². The summed E-state index contributed by atoms with van der Waals surface area (Å²) in [4.78, 5) is 33.7. The van der Waals surface area contributed by atoms with Crippen molar-refractivity contribution in [1.82, 2.24) is 0 Å². The first-order valence-electron chi connectivity index (χ1n) is 5.99. The van der Waals surface area contributed by atoms with Gasteiger partial charge < -0.3 is 14.2 Å². The molecule has 0 spiro atoms. The van der Waals surface area contributed by atoms with Gasteiger partial charge in [-0.1, -0.05) is 12.1 Å². The molecule has 0 atom stereocenters. The molecule has 112 valence electrons. The van der Waals surface area contributed by atoms with Gasteiger partial charge in [0.25, 0.3) is 0 Å². The third-order valence-electron chi connectivity index (χ3n) is 2.03. The van der Waals surface area contributed by atoms with E-state index in [9.17, 15) is 14.4 Å². The molecule has 0 aliphatic rings. The predicted molar refractivity (Wildman–Crippen MR) is 76.5 cm³/mol. The molecule has 0 N–H and O–H groups in total. The number of para-hydroxylation sites is 1. The molecular formula is C14H13BrO6. The summed E-state index contributed by atoms with van der Waals surface area (Å²) in [7, 11) is 0. The van der Waals surface area contributed by atoms with Crippen LogP contribution in [-0.2, 0) is 23.9 Å². The maximum atomic E-state index is 11.5. The fraction of sp³-hybridized carbons (Fsp3) is 0.214. The number of esters is 3. The van der Waals surface area contributed by atoms with E-state index in [1.807, 2.05) is 0 Å². The molecule has 1 aromatic rings. The number of carbonyl (C=O) groups is 3. The van der Waals surface area contributed by atoms with Crippen LogP contribution in [0.15, 0.2) is 40.9 Å². The van der Waals surface area contributed by atoms with Gasteiger partial charge in [0.05, 0.1) is 11.1 Å². The summed E-state index contributed by atoms with van der Waals surface area (Å²) in [5.41, 5.74) is 0. The first-order valence-corrected chi connectivity index (χ1v) is 6.79. The summed E-state index contributed by atoms with van der Waals surface area (Å²) in [5.74, 6) is -1.92. The van der Waals surface area contributed by atoms with Crippen LogP contribution in [0.4, 0.5) is 0 Å². The average molecular weight is 357 g/mol. The highest BCUT2D eigenvalue weighted by atomic mass is 79.9. The highest BCUT2D eigenvalue weighted by Gasteiger charge is 2.10. The number of rotatable bonds is 6. The zero-order valence-corrected chi connectivity index (χ0v) is 12.8. The zero-order valence-electron chi connectivity index (χ0n) is 11.2. The van der Waals surface area contributed by atoms with E-state index < -0.39 is 24.5 Å². The molecular weight excluding hydrogens is 344 g/mol. The van der Waals surface area contributed by atoms with Crippen molar-refractivity contribution >= 4 is 33.8 Å². The second-order valence-corrected chi connectivity index (χ2v) is 4.45. The molecule has 0 saturated carbocycles. The topological polar surface area (TPSA) is 78.9 Å². The maximum absolute atomic E-state index is 11.5. The van der Waals surface area contributed by atoms with Gasteiger partial charge in [0.2, 0.25) is 0 Å². The summed E-state index contributed by atoms with van der Waals surface area (Å²) in [6.45, 7) is 1.28. The van der Waals surface area contributed by atoms with Crippen LogP contribution >= 0.6 is 15.9 Å². The maximum Gasteiger partial charge on any atom is 0.349 e. The molecule has 0 bridgehead atoms. The van der Waals surface area contributed by atoms with Crippen molar-refractivity contribution in [2.75, 3.05) is 13.2 Å². The van der Waals surface area contributed by atoms with E-state index in [2.05, 4.69) is 25.4 Å². The number of benzene rings is 1. The van der Waals surface area contributed by atoms with Gasteiger partial charge >= 0.3 is 17.9 Å². The SMILES string of the molecule is CCOC(=O)C=CC(=O)OCC(=O)Oc1ccccc1Br. The van der Waals surface area contributed by atoms with Gasteiger partial charge in [0.1, 0.15) is 5.75 Å². The Morgan fingerprint density at radius 1 is 1.10 bits per heavy atom. The van der Waals surface area contributed by atoms with E-state index in [0.29, 0.717) is 10.2 Å². The lowest BCUT2D eigenvalue weighted by Gasteiger charge is -2.05. The molecule has 0 unspecified atom stereocenters. The van der Waals surface area contributed by atoms with Gasteiger partial charge in [-0.05, 0) is 35.0 Å². The monoisotopic (exact) mass is 356 g/mol. The third-order valence-corrected chi connectivity index (χ3v) is 2.69. The number of ether oxygens (including phenoxy) is 3. The van der Waals surface area contributed by atoms with Crippen LogP contribution in [0.25, 0.3) is 0 Å². The van der Waals surface area contributed by atoms with Crippen molar-refractivity contribution in [3.8, 4) is 5.75 Å². The highest BCUT2D eigenvalue weighted by Crippen LogP contribution is 2.23. The van der Waals surface area contributed by atoms with Crippen molar-refractivity contribution < 1.29 is 28.6 Å². The lowest BCUT2D eigenvalue weighted by atomic mass is 10.3. The van der Waals surface area contributed by atoms with Crippen LogP contribution in [0.3, 0.4) is 0 Å². The first-order chi connectivity index (χ1) is 10.0. The minimum Gasteiger partial charge on any atom is -0.463 e. The minimum absolute atomic E-state index is 0.205. The Hall–Kier alpha value is -2.15. The Labute approximate surface area is 129 Å². The molecule has 0 radical (unpaired) electrons. The highest BCUT2D eigenvalue weighted by molar-refractivity contribution is 9.10. The number of hydrogen-bond donors (Lipinski definition) is 0. The predicted octanol–water partition coefficient (Wildman–Crippen LogP) is 2.02. The van der Waals surface area contributed by atoms with Crippen molar-refractivity contribution in [1.29, 1.82) is 0 Å². The molecule has 0 fully saturated rings. The lowest BCUT2D eigenvalue weighted by molar-refractivity contribution is -0.150. The Morgan fingerprint density at radius 3 is 2.33 bits per heavy atom. The van der Waals surface area contributed by atoms with Crippen LogP contribution < -0.4 is 4.74 Å². The van der Waals surface area contributed by atoms with E-state index in [1.54, 1.807) is 31.2 Å². The van der Waals surface area contributed by atoms with E-state index in [-0.39, 0.29) is 6.61 Å². The molecule has 7 heteroatoms. The van der Waals surface area contributed by atoms with Crippen LogP contribution in [0.2, 0.25) is 0 Å². The van der Waals surface area contributed by atoms with Gasteiger partial charge in [-0.15, -0.1) is 0 Å². The second-order valence-electron chi connectivity index (χ2n) is 3.60. The van der Waals surface area contributed by atoms with Gasteiger partial charge in [0.15, 0.2) is 6.61 Å². The van der Waals surface area contributed by atoms with E-state index >= 15 is 0 Å². The summed E-state index contributed by atoms with van der Waals surface area (Å²) >= 11 is 3.21.